The minimum atomic E-state index is -0.187. The van der Waals surface area contributed by atoms with E-state index in [1.54, 1.807) is 24.0 Å². The number of hydrogen-bond donors (Lipinski definition) is 2. The maximum Gasteiger partial charge on any atom is 0.280 e. The highest BCUT2D eigenvalue weighted by Crippen LogP contribution is 2.28. The van der Waals surface area contributed by atoms with E-state index in [0.29, 0.717) is 15.8 Å². The van der Waals surface area contributed by atoms with Gasteiger partial charge >= 0.3 is 0 Å². The van der Waals surface area contributed by atoms with Crippen molar-refractivity contribution in [3.63, 3.8) is 0 Å². The number of halogens is 2. The van der Waals surface area contributed by atoms with Crippen molar-refractivity contribution in [1.82, 2.24) is 20.3 Å². The van der Waals surface area contributed by atoms with Gasteiger partial charge in [-0.3, -0.25) is 9.78 Å². The maximum atomic E-state index is 12.3. The highest BCUT2D eigenvalue weighted by molar-refractivity contribution is 7.11. The molecule has 3 heterocycles. The van der Waals surface area contributed by atoms with Gasteiger partial charge in [0.2, 0.25) is 0 Å². The van der Waals surface area contributed by atoms with E-state index in [1.165, 1.54) is 11.3 Å². The zero-order valence-corrected chi connectivity index (χ0v) is 17.9. The van der Waals surface area contributed by atoms with Gasteiger partial charge in [-0.15, -0.1) is 23.7 Å². The van der Waals surface area contributed by atoms with Crippen LogP contribution < -0.4 is 10.6 Å². The number of aryl methyl sites for hydroxylation is 1. The molecule has 0 aliphatic rings. The van der Waals surface area contributed by atoms with Crippen molar-refractivity contribution < 1.29 is 4.79 Å². The first-order valence-corrected chi connectivity index (χ1v) is 9.88. The fraction of sp³-hybridized carbons (Fsp3) is 0.263. The molecule has 0 unspecified atom stereocenters. The second-order valence-corrected chi connectivity index (χ2v) is 7.37. The van der Waals surface area contributed by atoms with Crippen LogP contribution in [0.4, 0.5) is 11.5 Å². The fourth-order valence-corrected chi connectivity index (χ4v) is 3.34. The number of thiazole rings is 1. The number of carbonyl (C=O) groups excluding carboxylic acids is 1. The lowest BCUT2D eigenvalue weighted by atomic mass is 10.0. The Labute approximate surface area is 179 Å². The number of pyridine rings is 2. The summed E-state index contributed by atoms with van der Waals surface area (Å²) >= 11 is 7.74. The van der Waals surface area contributed by atoms with E-state index in [9.17, 15) is 4.79 Å². The Kier molecular flexibility index (Phi) is 8.17. The minimum Gasteiger partial charge on any atom is -0.343 e. The quantitative estimate of drug-likeness (QED) is 0.521. The molecule has 9 heteroatoms. The van der Waals surface area contributed by atoms with Crippen LogP contribution in [0.2, 0.25) is 5.02 Å². The molecule has 2 N–H and O–H groups in total. The maximum absolute atomic E-state index is 12.3. The van der Waals surface area contributed by atoms with Gasteiger partial charge in [-0.2, -0.15) is 0 Å². The fourth-order valence-electron chi connectivity index (χ4n) is 2.58. The normalized spacial score (nSPS) is 11.4. The van der Waals surface area contributed by atoms with Crippen LogP contribution in [0.3, 0.4) is 0 Å². The first-order chi connectivity index (χ1) is 13.1. The molecule has 3 aromatic rings. The van der Waals surface area contributed by atoms with Crippen LogP contribution >= 0.6 is 35.3 Å². The number of hydrogen-bond acceptors (Lipinski definition) is 6. The number of rotatable bonds is 7. The number of anilines is 2. The lowest BCUT2D eigenvalue weighted by Gasteiger charge is -2.19. The molecule has 6 nitrogen and oxygen atoms in total. The molecule has 148 valence electrons. The molecule has 0 radical (unpaired) electrons. The topological polar surface area (TPSA) is 79.8 Å². The first kappa shape index (κ1) is 22.1. The van der Waals surface area contributed by atoms with Crippen LogP contribution in [0.15, 0.2) is 42.2 Å². The molecule has 0 bridgehead atoms. The predicted octanol–water partition coefficient (Wildman–Crippen LogP) is 5.33. The Bertz CT molecular complexity index is 903. The molecule has 28 heavy (non-hydrogen) atoms. The third kappa shape index (κ3) is 5.64. The Hall–Kier alpha value is -2.22. The average molecular weight is 438 g/mol. The molecule has 0 saturated carbocycles. The van der Waals surface area contributed by atoms with E-state index in [1.807, 2.05) is 25.1 Å². The standard InChI is InChI=1S/C19H20ClN5OS.ClH/c1-3-4-16(25-18(26)19-21-7-8-27-19)13-9-15(20)17(23-10-13)24-14-6-5-12(2)22-11-14;/h5-11,16H,3-4H2,1-2H3,(H,23,24)(H,25,26);1H/t16-;/m0./s1. The van der Waals surface area contributed by atoms with Crippen molar-refractivity contribution in [2.75, 3.05) is 5.32 Å². The lowest BCUT2D eigenvalue weighted by Crippen LogP contribution is -2.28. The van der Waals surface area contributed by atoms with Crippen molar-refractivity contribution in [3.05, 3.63) is 63.5 Å². The van der Waals surface area contributed by atoms with Gasteiger partial charge in [-0.05, 0) is 37.1 Å². The molecule has 0 spiro atoms. The number of nitrogens with zero attached hydrogens (tertiary/aromatic N) is 3. The van der Waals surface area contributed by atoms with Gasteiger partial charge in [-0.1, -0.05) is 24.9 Å². The molecule has 0 aliphatic carbocycles. The van der Waals surface area contributed by atoms with E-state index in [-0.39, 0.29) is 24.4 Å². The van der Waals surface area contributed by atoms with Crippen molar-refractivity contribution in [2.45, 2.75) is 32.7 Å². The summed E-state index contributed by atoms with van der Waals surface area (Å²) in [5.41, 5.74) is 2.61. The largest absolute Gasteiger partial charge is 0.343 e. The van der Waals surface area contributed by atoms with E-state index >= 15 is 0 Å². The van der Waals surface area contributed by atoms with E-state index < -0.39 is 0 Å². The molecule has 0 saturated heterocycles. The Morgan fingerprint density at radius 1 is 1.25 bits per heavy atom. The number of nitrogens with one attached hydrogen (secondary N) is 2. The number of amides is 1. The number of carbonyl (C=O) groups is 1. The van der Waals surface area contributed by atoms with Gasteiger partial charge < -0.3 is 10.6 Å². The summed E-state index contributed by atoms with van der Waals surface area (Å²) in [5, 5.41) is 8.89. The van der Waals surface area contributed by atoms with Crippen LogP contribution in [-0.4, -0.2) is 20.9 Å². The summed E-state index contributed by atoms with van der Waals surface area (Å²) < 4.78 is 0. The van der Waals surface area contributed by atoms with Gasteiger partial charge in [0.25, 0.3) is 5.91 Å². The van der Waals surface area contributed by atoms with Crippen molar-refractivity contribution >= 4 is 52.8 Å². The Morgan fingerprint density at radius 2 is 2.07 bits per heavy atom. The third-order valence-electron chi connectivity index (χ3n) is 3.95. The van der Waals surface area contributed by atoms with E-state index in [4.69, 9.17) is 11.6 Å². The number of aromatic nitrogens is 3. The Balaban J connectivity index is 0.00000280. The average Bonchev–Trinajstić information content (AvgIpc) is 3.20. The van der Waals surface area contributed by atoms with Crippen LogP contribution in [-0.2, 0) is 0 Å². The van der Waals surface area contributed by atoms with Crippen molar-refractivity contribution in [1.29, 1.82) is 0 Å². The monoisotopic (exact) mass is 437 g/mol. The van der Waals surface area contributed by atoms with Gasteiger partial charge in [0.15, 0.2) is 5.01 Å². The predicted molar refractivity (Wildman–Crippen MR) is 116 cm³/mol. The second kappa shape index (κ2) is 10.4. The molecule has 0 fully saturated rings. The summed E-state index contributed by atoms with van der Waals surface area (Å²) in [6.07, 6.45) is 6.78. The van der Waals surface area contributed by atoms with Crippen LogP contribution in [0, 0.1) is 6.92 Å². The third-order valence-corrected chi connectivity index (χ3v) is 5.01. The molecule has 0 aromatic carbocycles. The van der Waals surface area contributed by atoms with Crippen molar-refractivity contribution in [3.8, 4) is 0 Å². The summed E-state index contributed by atoms with van der Waals surface area (Å²) in [6, 6.07) is 5.49. The van der Waals surface area contributed by atoms with E-state index in [2.05, 4.69) is 32.5 Å². The molecular weight excluding hydrogens is 417 g/mol. The molecule has 0 aliphatic heterocycles. The van der Waals surface area contributed by atoms with Gasteiger partial charge in [0, 0.05) is 23.5 Å². The molecule has 1 amide bonds. The summed E-state index contributed by atoms with van der Waals surface area (Å²) in [7, 11) is 0. The van der Waals surface area contributed by atoms with Gasteiger partial charge in [-0.25, -0.2) is 9.97 Å². The van der Waals surface area contributed by atoms with Gasteiger partial charge in [0.05, 0.1) is 22.9 Å². The second-order valence-electron chi connectivity index (χ2n) is 6.06. The highest BCUT2D eigenvalue weighted by Gasteiger charge is 2.18. The Morgan fingerprint density at radius 3 is 2.68 bits per heavy atom. The van der Waals surface area contributed by atoms with Crippen LogP contribution in [0.1, 0.15) is 46.9 Å². The first-order valence-electron chi connectivity index (χ1n) is 8.62. The molecule has 3 aromatic heterocycles. The zero-order valence-electron chi connectivity index (χ0n) is 15.5. The lowest BCUT2D eigenvalue weighted by molar-refractivity contribution is 0.0934. The smallest absolute Gasteiger partial charge is 0.280 e. The molecule has 3 rings (SSSR count). The zero-order chi connectivity index (χ0) is 19.2. The van der Waals surface area contributed by atoms with Crippen LogP contribution in [0.5, 0.6) is 0 Å². The van der Waals surface area contributed by atoms with E-state index in [0.717, 1.165) is 29.8 Å². The van der Waals surface area contributed by atoms with Gasteiger partial charge in [0.1, 0.15) is 5.82 Å². The molecule has 1 atom stereocenters. The molecular formula is C19H21Cl2N5OS. The summed E-state index contributed by atoms with van der Waals surface area (Å²) in [6.45, 7) is 4.00. The van der Waals surface area contributed by atoms with Crippen LogP contribution in [0.25, 0.3) is 0 Å². The highest BCUT2D eigenvalue weighted by atomic mass is 35.5. The SMILES string of the molecule is CCC[C@H](NC(=O)c1nccs1)c1cnc(Nc2ccc(C)nc2)c(Cl)c1.Cl. The summed E-state index contributed by atoms with van der Waals surface area (Å²) in [4.78, 5) is 25.1. The van der Waals surface area contributed by atoms with Crippen molar-refractivity contribution in [2.24, 2.45) is 0 Å². The minimum absolute atomic E-state index is 0. The summed E-state index contributed by atoms with van der Waals surface area (Å²) in [5.74, 6) is 0.361.